The zero-order valence-electron chi connectivity index (χ0n) is 17.4. The molecule has 0 N–H and O–H groups in total. The van der Waals surface area contributed by atoms with Crippen LogP contribution in [0.5, 0.6) is 0 Å². The van der Waals surface area contributed by atoms with Gasteiger partial charge in [-0.3, -0.25) is 0 Å². The van der Waals surface area contributed by atoms with Gasteiger partial charge in [0.05, 0.1) is 0 Å². The van der Waals surface area contributed by atoms with Gasteiger partial charge in [-0.05, 0) is 11.8 Å². The van der Waals surface area contributed by atoms with Crippen LogP contribution in [0.15, 0.2) is 0 Å². The van der Waals surface area contributed by atoms with Crippen LogP contribution in [0.4, 0.5) is 0 Å². The van der Waals surface area contributed by atoms with Gasteiger partial charge in [0.25, 0.3) is 0 Å². The SMILES string of the molecule is C.C.C.C.C1CCC2CCCCC2C1.C1CCCCCC1.C1CCCCCCC1. The largest absolute Gasteiger partial charge is 0.0776 e. The molecule has 0 aliphatic heterocycles. The van der Waals surface area contributed by atoms with Crippen LogP contribution in [0.3, 0.4) is 0 Å². The molecule has 4 aliphatic rings. The summed E-state index contributed by atoms with van der Waals surface area (Å²) in [6.07, 6.45) is 34.9. The molecule has 0 amide bonds. The minimum Gasteiger partial charge on any atom is -0.0776 e. The van der Waals surface area contributed by atoms with Crippen LogP contribution >= 0.6 is 0 Å². The molecule has 0 aromatic heterocycles. The Hall–Kier alpha value is 0. The predicted octanol–water partition coefficient (Wildman–Crippen LogP) is 11.8. The lowest BCUT2D eigenvalue weighted by atomic mass is 9.71. The van der Waals surface area contributed by atoms with Gasteiger partial charge in [0, 0.05) is 0 Å². The zero-order chi connectivity index (χ0) is 17.4. The monoisotopic (exact) mass is 413 g/mol. The molecule has 0 nitrogen and oxygen atoms in total. The Labute approximate surface area is 189 Å². The first-order valence-electron chi connectivity index (χ1n) is 12.5. The van der Waals surface area contributed by atoms with E-state index in [4.69, 9.17) is 0 Å². The van der Waals surface area contributed by atoms with E-state index in [2.05, 4.69) is 0 Å². The topological polar surface area (TPSA) is 0 Å². The van der Waals surface area contributed by atoms with Crippen molar-refractivity contribution in [3.63, 3.8) is 0 Å². The fourth-order valence-electron chi connectivity index (χ4n) is 5.51. The highest BCUT2D eigenvalue weighted by molar-refractivity contribution is 4.78. The maximum atomic E-state index is 1.56. The molecule has 0 saturated heterocycles. The third-order valence-corrected chi connectivity index (χ3v) is 7.22. The summed E-state index contributed by atoms with van der Waals surface area (Å²) in [5.74, 6) is 2.31. The summed E-state index contributed by atoms with van der Waals surface area (Å²) < 4.78 is 0. The molecule has 0 unspecified atom stereocenters. The van der Waals surface area contributed by atoms with Gasteiger partial charge in [-0.25, -0.2) is 0 Å². The first kappa shape index (κ1) is 33.6. The second kappa shape index (κ2) is 24.3. The summed E-state index contributed by atoms with van der Waals surface area (Å²) in [7, 11) is 0. The standard InChI is InChI=1S/C10H18.C8H16.C7H14.4CH4/c1-2-6-10-8-4-3-7-9(10)5-1;1-2-4-6-8-7-5-3-1;1-2-4-6-7-5-3-1;;;;/h9-10H,1-8H2;1-8H2;1-7H2;4*1H4. The Kier molecular flexibility index (Phi) is 28.1. The van der Waals surface area contributed by atoms with E-state index >= 15 is 0 Å². The van der Waals surface area contributed by atoms with E-state index in [0.29, 0.717) is 0 Å². The van der Waals surface area contributed by atoms with Crippen molar-refractivity contribution >= 4 is 0 Å². The predicted molar refractivity (Wildman–Crippen MR) is 140 cm³/mol. The molecular weight excluding hydrogens is 348 g/mol. The van der Waals surface area contributed by atoms with Gasteiger partial charge in [0.2, 0.25) is 0 Å². The second-order valence-corrected chi connectivity index (χ2v) is 9.39. The highest BCUT2D eigenvalue weighted by Crippen LogP contribution is 2.40. The first-order valence-corrected chi connectivity index (χ1v) is 12.5. The Balaban J connectivity index is -0.000000332. The van der Waals surface area contributed by atoms with Crippen LogP contribution in [0.1, 0.15) is 177 Å². The van der Waals surface area contributed by atoms with Crippen LogP contribution in [0.25, 0.3) is 0 Å². The highest BCUT2D eigenvalue weighted by atomic mass is 14.3. The fraction of sp³-hybridized carbons (Fsp3) is 1.00. The van der Waals surface area contributed by atoms with Crippen molar-refractivity contribution in [1.82, 2.24) is 0 Å². The van der Waals surface area contributed by atoms with E-state index in [9.17, 15) is 0 Å². The summed E-state index contributed by atoms with van der Waals surface area (Å²) >= 11 is 0. The van der Waals surface area contributed by atoms with Crippen molar-refractivity contribution in [2.24, 2.45) is 11.8 Å². The smallest absolute Gasteiger partial charge is 0.0386 e. The van der Waals surface area contributed by atoms with Crippen molar-refractivity contribution in [2.45, 2.75) is 177 Å². The number of hydrogen-bond donors (Lipinski definition) is 0. The van der Waals surface area contributed by atoms with E-state index in [1.54, 1.807) is 25.7 Å². The van der Waals surface area contributed by atoms with Gasteiger partial charge in [-0.15, -0.1) is 0 Å². The van der Waals surface area contributed by atoms with Gasteiger partial charge in [-0.2, -0.15) is 0 Å². The molecule has 4 aliphatic carbocycles. The van der Waals surface area contributed by atoms with Crippen molar-refractivity contribution in [3.8, 4) is 0 Å². The molecule has 0 aromatic carbocycles. The van der Waals surface area contributed by atoms with E-state index in [0.717, 1.165) is 11.8 Å². The molecule has 0 radical (unpaired) electrons. The number of hydrogen-bond acceptors (Lipinski definition) is 0. The molecule has 0 aromatic rings. The average molecular weight is 413 g/mol. The molecular formula is C29H64. The van der Waals surface area contributed by atoms with E-state index in [1.165, 1.54) is 122 Å². The van der Waals surface area contributed by atoms with Crippen LogP contribution in [-0.4, -0.2) is 0 Å². The molecule has 180 valence electrons. The first-order chi connectivity index (χ1) is 12.5. The maximum absolute atomic E-state index is 1.56. The summed E-state index contributed by atoms with van der Waals surface area (Å²) in [5, 5.41) is 0. The zero-order valence-corrected chi connectivity index (χ0v) is 17.4. The molecule has 4 fully saturated rings. The van der Waals surface area contributed by atoms with Crippen LogP contribution in [0.2, 0.25) is 0 Å². The summed E-state index contributed by atoms with van der Waals surface area (Å²) in [5.41, 5.74) is 0. The minimum absolute atomic E-state index is 0. The Morgan fingerprint density at radius 2 is 0.345 bits per heavy atom. The van der Waals surface area contributed by atoms with Crippen LogP contribution < -0.4 is 0 Å². The molecule has 0 atom stereocenters. The lowest BCUT2D eigenvalue weighted by Gasteiger charge is -2.35. The average Bonchev–Trinajstić information content (AvgIpc) is 2.95. The number of rotatable bonds is 0. The number of fused-ring (bicyclic) bond motifs is 1. The summed E-state index contributed by atoms with van der Waals surface area (Å²) in [6, 6.07) is 0. The third-order valence-electron chi connectivity index (χ3n) is 7.22. The van der Waals surface area contributed by atoms with E-state index < -0.39 is 0 Å². The Bertz CT molecular complexity index is 212. The van der Waals surface area contributed by atoms with Crippen LogP contribution in [-0.2, 0) is 0 Å². The molecule has 0 bridgehead atoms. The van der Waals surface area contributed by atoms with Gasteiger partial charge >= 0.3 is 0 Å². The Morgan fingerprint density at radius 3 is 0.483 bits per heavy atom. The van der Waals surface area contributed by atoms with Crippen molar-refractivity contribution in [1.29, 1.82) is 0 Å². The molecule has 4 saturated carbocycles. The molecule has 0 heteroatoms. The molecule has 0 spiro atoms. The van der Waals surface area contributed by atoms with E-state index in [-0.39, 0.29) is 29.7 Å². The van der Waals surface area contributed by atoms with Crippen molar-refractivity contribution in [2.75, 3.05) is 0 Å². The second-order valence-electron chi connectivity index (χ2n) is 9.39. The lowest BCUT2D eigenvalue weighted by Crippen LogP contribution is -2.22. The molecule has 29 heavy (non-hydrogen) atoms. The van der Waals surface area contributed by atoms with Crippen molar-refractivity contribution < 1.29 is 0 Å². The van der Waals surface area contributed by atoms with Crippen LogP contribution in [0, 0.1) is 11.8 Å². The quantitative estimate of drug-likeness (QED) is 0.347. The van der Waals surface area contributed by atoms with Gasteiger partial charge < -0.3 is 0 Å². The molecule has 4 rings (SSSR count). The fourth-order valence-corrected chi connectivity index (χ4v) is 5.51. The molecule has 0 heterocycles. The maximum Gasteiger partial charge on any atom is -0.0386 e. The van der Waals surface area contributed by atoms with Gasteiger partial charge in [-0.1, -0.05) is 177 Å². The lowest BCUT2D eigenvalue weighted by molar-refractivity contribution is 0.171. The summed E-state index contributed by atoms with van der Waals surface area (Å²) in [6.45, 7) is 0. The summed E-state index contributed by atoms with van der Waals surface area (Å²) in [4.78, 5) is 0. The minimum atomic E-state index is 0. The van der Waals surface area contributed by atoms with Gasteiger partial charge in [0.1, 0.15) is 0 Å². The normalized spacial score (nSPS) is 26.5. The highest BCUT2D eigenvalue weighted by Gasteiger charge is 2.26. The van der Waals surface area contributed by atoms with Gasteiger partial charge in [0.15, 0.2) is 0 Å². The third kappa shape index (κ3) is 17.4. The van der Waals surface area contributed by atoms with E-state index in [1.807, 2.05) is 0 Å². The van der Waals surface area contributed by atoms with Crippen molar-refractivity contribution in [3.05, 3.63) is 0 Å². The Morgan fingerprint density at radius 1 is 0.207 bits per heavy atom.